The second-order valence-electron chi connectivity index (χ2n) is 3.83. The third-order valence-corrected chi connectivity index (χ3v) is 2.60. The molecule has 0 aliphatic heterocycles. The van der Waals surface area contributed by atoms with Gasteiger partial charge >= 0.3 is 0 Å². The van der Waals surface area contributed by atoms with Crippen molar-refractivity contribution in [1.29, 1.82) is 0 Å². The van der Waals surface area contributed by atoms with Crippen molar-refractivity contribution in [2.24, 2.45) is 0 Å². The molecule has 2 N–H and O–H groups in total. The second kappa shape index (κ2) is 4.37. The van der Waals surface area contributed by atoms with E-state index < -0.39 is 0 Å². The number of rotatable bonds is 3. The quantitative estimate of drug-likeness (QED) is 0.809. The SMILES string of the molecule is CCn1nnc(C(=O)c2ccc(C)cc2)c1N. The molecule has 0 bridgehead atoms. The molecule has 0 saturated heterocycles. The number of nitrogens with zero attached hydrogens (tertiary/aromatic N) is 3. The van der Waals surface area contributed by atoms with E-state index in [1.54, 1.807) is 12.1 Å². The summed E-state index contributed by atoms with van der Waals surface area (Å²) in [7, 11) is 0. The molecule has 1 aromatic carbocycles. The predicted octanol–water partition coefficient (Wildman–Crippen LogP) is 1.42. The van der Waals surface area contributed by atoms with Crippen LogP contribution in [0.15, 0.2) is 24.3 Å². The smallest absolute Gasteiger partial charge is 0.217 e. The molecule has 0 saturated carbocycles. The fraction of sp³-hybridized carbons (Fsp3) is 0.250. The highest BCUT2D eigenvalue weighted by atomic mass is 16.1. The van der Waals surface area contributed by atoms with E-state index >= 15 is 0 Å². The molecule has 5 nitrogen and oxygen atoms in total. The summed E-state index contributed by atoms with van der Waals surface area (Å²) in [6.07, 6.45) is 0. The Morgan fingerprint density at radius 2 is 2.00 bits per heavy atom. The van der Waals surface area contributed by atoms with Crippen LogP contribution in [0.3, 0.4) is 0 Å². The number of hydrogen-bond donors (Lipinski definition) is 1. The fourth-order valence-electron chi connectivity index (χ4n) is 1.56. The second-order valence-corrected chi connectivity index (χ2v) is 3.83. The Morgan fingerprint density at radius 1 is 1.35 bits per heavy atom. The van der Waals surface area contributed by atoms with Crippen molar-refractivity contribution in [3.8, 4) is 0 Å². The molecule has 1 aromatic heterocycles. The molecule has 2 rings (SSSR count). The largest absolute Gasteiger partial charge is 0.382 e. The summed E-state index contributed by atoms with van der Waals surface area (Å²) < 4.78 is 1.50. The van der Waals surface area contributed by atoms with Crippen molar-refractivity contribution in [2.75, 3.05) is 5.73 Å². The van der Waals surface area contributed by atoms with Crippen LogP contribution < -0.4 is 5.73 Å². The molecule has 1 heterocycles. The van der Waals surface area contributed by atoms with Gasteiger partial charge in [-0.1, -0.05) is 35.0 Å². The Kier molecular flexibility index (Phi) is 2.91. The molecule has 0 aliphatic carbocycles. The maximum atomic E-state index is 12.1. The van der Waals surface area contributed by atoms with Crippen LogP contribution in [-0.4, -0.2) is 20.8 Å². The minimum absolute atomic E-state index is 0.192. The molecule has 2 aromatic rings. The predicted molar refractivity (Wildman–Crippen MR) is 64.7 cm³/mol. The number of carbonyl (C=O) groups is 1. The minimum atomic E-state index is -0.192. The number of hydrogen-bond acceptors (Lipinski definition) is 4. The summed E-state index contributed by atoms with van der Waals surface area (Å²) in [5.41, 5.74) is 7.70. The molecule has 17 heavy (non-hydrogen) atoms. The molecular formula is C12H14N4O. The van der Waals surface area contributed by atoms with Crippen molar-refractivity contribution in [3.63, 3.8) is 0 Å². The van der Waals surface area contributed by atoms with E-state index in [0.717, 1.165) is 5.56 Å². The number of anilines is 1. The Bertz CT molecular complexity index is 542. The van der Waals surface area contributed by atoms with Crippen molar-refractivity contribution >= 4 is 11.6 Å². The summed E-state index contributed by atoms with van der Waals surface area (Å²) in [5.74, 6) is 0.125. The van der Waals surface area contributed by atoms with Crippen molar-refractivity contribution in [3.05, 3.63) is 41.1 Å². The lowest BCUT2D eigenvalue weighted by molar-refractivity contribution is 0.103. The molecule has 0 spiro atoms. The number of benzene rings is 1. The van der Waals surface area contributed by atoms with Crippen molar-refractivity contribution in [1.82, 2.24) is 15.0 Å². The van der Waals surface area contributed by atoms with E-state index in [0.29, 0.717) is 17.9 Å². The summed E-state index contributed by atoms with van der Waals surface area (Å²) >= 11 is 0. The van der Waals surface area contributed by atoms with Crippen molar-refractivity contribution < 1.29 is 4.79 Å². The van der Waals surface area contributed by atoms with Crippen LogP contribution in [0.4, 0.5) is 5.82 Å². The number of carbonyl (C=O) groups excluding carboxylic acids is 1. The van der Waals surface area contributed by atoms with Crippen LogP contribution in [0.2, 0.25) is 0 Å². The van der Waals surface area contributed by atoms with E-state index in [4.69, 9.17) is 5.73 Å². The normalized spacial score (nSPS) is 10.5. The first-order valence-corrected chi connectivity index (χ1v) is 5.43. The molecule has 0 atom stereocenters. The zero-order valence-electron chi connectivity index (χ0n) is 9.84. The first-order valence-electron chi connectivity index (χ1n) is 5.43. The maximum absolute atomic E-state index is 12.1. The lowest BCUT2D eigenvalue weighted by Crippen LogP contribution is -2.08. The standard InChI is InChI=1S/C12H14N4O/c1-3-16-12(13)10(14-15-16)11(17)9-6-4-8(2)5-7-9/h4-7H,3,13H2,1-2H3. The first-order chi connectivity index (χ1) is 8.13. The lowest BCUT2D eigenvalue weighted by atomic mass is 10.1. The van der Waals surface area contributed by atoms with E-state index in [1.165, 1.54) is 4.68 Å². The van der Waals surface area contributed by atoms with Gasteiger partial charge in [0.1, 0.15) is 0 Å². The van der Waals surface area contributed by atoms with Gasteiger partial charge in [0.2, 0.25) is 5.78 Å². The number of aryl methyl sites for hydroxylation is 2. The average molecular weight is 230 g/mol. The number of ketones is 1. The Hall–Kier alpha value is -2.17. The van der Waals surface area contributed by atoms with E-state index in [9.17, 15) is 4.79 Å². The molecule has 0 aliphatic rings. The van der Waals surface area contributed by atoms with Crippen LogP contribution in [0, 0.1) is 6.92 Å². The van der Waals surface area contributed by atoms with E-state index in [2.05, 4.69) is 10.3 Å². The van der Waals surface area contributed by atoms with Gasteiger partial charge in [0.05, 0.1) is 0 Å². The highest BCUT2D eigenvalue weighted by Gasteiger charge is 2.18. The lowest BCUT2D eigenvalue weighted by Gasteiger charge is -2.00. The van der Waals surface area contributed by atoms with Crippen molar-refractivity contribution in [2.45, 2.75) is 20.4 Å². The van der Waals surface area contributed by atoms with Gasteiger partial charge in [-0.15, -0.1) is 5.10 Å². The Morgan fingerprint density at radius 3 is 2.53 bits per heavy atom. The summed E-state index contributed by atoms with van der Waals surface area (Å²) in [6.45, 7) is 4.46. The maximum Gasteiger partial charge on any atom is 0.217 e. The van der Waals surface area contributed by atoms with Gasteiger partial charge in [-0.2, -0.15) is 0 Å². The molecule has 0 fully saturated rings. The summed E-state index contributed by atoms with van der Waals surface area (Å²) in [4.78, 5) is 12.1. The van der Waals surface area contributed by atoms with Gasteiger partial charge in [-0.25, -0.2) is 4.68 Å². The van der Waals surface area contributed by atoms with Crippen LogP contribution >= 0.6 is 0 Å². The molecule has 5 heteroatoms. The monoisotopic (exact) mass is 230 g/mol. The highest BCUT2D eigenvalue weighted by molar-refractivity contribution is 6.10. The summed E-state index contributed by atoms with van der Waals surface area (Å²) in [5, 5.41) is 7.64. The average Bonchev–Trinajstić information content (AvgIpc) is 2.70. The van der Waals surface area contributed by atoms with Crippen LogP contribution in [0.25, 0.3) is 0 Å². The van der Waals surface area contributed by atoms with Gasteiger partial charge in [0.15, 0.2) is 11.5 Å². The van der Waals surface area contributed by atoms with Gasteiger partial charge in [-0.05, 0) is 13.8 Å². The fourth-order valence-corrected chi connectivity index (χ4v) is 1.56. The molecule has 0 amide bonds. The van der Waals surface area contributed by atoms with E-state index in [-0.39, 0.29) is 11.5 Å². The van der Waals surface area contributed by atoms with Gasteiger partial charge in [0.25, 0.3) is 0 Å². The van der Waals surface area contributed by atoms with Crippen LogP contribution in [0.5, 0.6) is 0 Å². The zero-order chi connectivity index (χ0) is 12.4. The Labute approximate surface area is 99.2 Å². The van der Waals surface area contributed by atoms with Gasteiger partial charge in [0, 0.05) is 12.1 Å². The topological polar surface area (TPSA) is 73.8 Å². The molecule has 0 radical (unpaired) electrons. The number of nitrogens with two attached hydrogens (primary N) is 1. The minimum Gasteiger partial charge on any atom is -0.382 e. The number of nitrogen functional groups attached to an aromatic ring is 1. The molecule has 88 valence electrons. The summed E-state index contributed by atoms with van der Waals surface area (Å²) in [6, 6.07) is 7.30. The van der Waals surface area contributed by atoms with Gasteiger partial charge in [-0.3, -0.25) is 4.79 Å². The molecular weight excluding hydrogens is 216 g/mol. The zero-order valence-corrected chi connectivity index (χ0v) is 9.84. The first kappa shape index (κ1) is 11.3. The number of aromatic nitrogens is 3. The van der Waals surface area contributed by atoms with Crippen LogP contribution in [-0.2, 0) is 6.54 Å². The highest BCUT2D eigenvalue weighted by Crippen LogP contribution is 2.14. The third kappa shape index (κ3) is 2.04. The van der Waals surface area contributed by atoms with E-state index in [1.807, 2.05) is 26.0 Å². The van der Waals surface area contributed by atoms with Crippen LogP contribution in [0.1, 0.15) is 28.5 Å². The third-order valence-electron chi connectivity index (χ3n) is 2.60. The molecule has 0 unspecified atom stereocenters. The van der Waals surface area contributed by atoms with Gasteiger partial charge < -0.3 is 5.73 Å². The Balaban J connectivity index is 2.37.